The van der Waals surface area contributed by atoms with Crippen molar-refractivity contribution in [2.45, 2.75) is 63.1 Å². The first-order valence-electron chi connectivity index (χ1n) is 14.3. The van der Waals surface area contributed by atoms with Crippen LogP contribution in [-0.4, -0.2) is 61.9 Å². The highest BCUT2D eigenvalue weighted by molar-refractivity contribution is 6.07. The lowest BCUT2D eigenvalue weighted by Gasteiger charge is -2.52. The molecule has 0 spiro atoms. The van der Waals surface area contributed by atoms with Gasteiger partial charge in [-0.15, -0.1) is 0 Å². The van der Waals surface area contributed by atoms with Gasteiger partial charge in [-0.2, -0.15) is 0 Å². The molecule has 6 heteroatoms. The first-order chi connectivity index (χ1) is 18.9. The molecule has 0 amide bonds. The maximum Gasteiger partial charge on any atom is 0.106 e. The Labute approximate surface area is 237 Å². The number of aliphatic hydroxyl groups excluding tert-OH is 2. The molecule has 2 heterocycles. The molecule has 1 saturated carbocycles. The van der Waals surface area contributed by atoms with Gasteiger partial charge < -0.3 is 29.8 Å². The fraction of sp³-hybridized carbons (Fsp3) is 0.412. The molecule has 0 saturated heterocycles. The smallest absolute Gasteiger partial charge is 0.106 e. The van der Waals surface area contributed by atoms with E-state index in [0.717, 1.165) is 33.3 Å². The van der Waals surface area contributed by atoms with E-state index in [2.05, 4.69) is 136 Å². The van der Waals surface area contributed by atoms with Crippen LogP contribution in [0.2, 0.25) is 0 Å². The summed E-state index contributed by atoms with van der Waals surface area (Å²) < 4.78 is 0. The average molecular weight is 537 g/mol. The highest BCUT2D eigenvalue weighted by Gasteiger charge is 2.51. The van der Waals surface area contributed by atoms with Crippen LogP contribution in [-0.2, 0) is 0 Å². The van der Waals surface area contributed by atoms with Gasteiger partial charge in [0, 0.05) is 73.5 Å². The minimum Gasteiger partial charge on any atom is -0.392 e. The highest BCUT2D eigenvalue weighted by atomic mass is 16.3. The van der Waals surface area contributed by atoms with Gasteiger partial charge in [0.05, 0.1) is 12.2 Å². The van der Waals surface area contributed by atoms with Crippen molar-refractivity contribution in [2.75, 3.05) is 47.8 Å². The summed E-state index contributed by atoms with van der Waals surface area (Å²) in [4.78, 5) is 9.25. The topological polar surface area (TPSA) is 53.4 Å². The number of anilines is 4. The zero-order chi connectivity index (χ0) is 28.5. The first kappa shape index (κ1) is 25.5. The van der Waals surface area contributed by atoms with Crippen molar-refractivity contribution in [3.63, 3.8) is 0 Å². The average Bonchev–Trinajstić information content (AvgIpc) is 2.92. The summed E-state index contributed by atoms with van der Waals surface area (Å²) in [6.45, 7) is 8.88. The lowest BCUT2D eigenvalue weighted by Crippen LogP contribution is -2.56. The SMILES string of the molecule is CN1c2cccc3cc(C4C(O)C(c5cc6c7c(cccc7c5)N(C)C(C)(C)N6C)C4O)cc(c23)N(C)C1(C)C. The molecule has 1 aliphatic carbocycles. The molecule has 2 aliphatic heterocycles. The van der Waals surface area contributed by atoms with E-state index in [1.807, 2.05) is 0 Å². The van der Waals surface area contributed by atoms with Crippen LogP contribution in [0.3, 0.4) is 0 Å². The third-order valence-electron chi connectivity index (χ3n) is 10.9. The maximum atomic E-state index is 11.7. The second-order valence-electron chi connectivity index (χ2n) is 13.1. The standard InChI is InChI=1S/C34H40N4O2/c1-33(2)35(5)23-13-9-11-19-15-21(17-25(27(19)23)37(33)7)29-31(39)30(32(29)40)22-16-20-12-10-14-24-28(20)26(18-22)38(8)34(3,4)36(24)6/h9-18,29-32,39-40H,1-8H3. The van der Waals surface area contributed by atoms with Crippen LogP contribution in [0.4, 0.5) is 22.7 Å². The summed E-state index contributed by atoms with van der Waals surface area (Å²) in [5, 5.41) is 28.1. The molecule has 40 heavy (non-hydrogen) atoms. The minimum absolute atomic E-state index is 0.210. The highest BCUT2D eigenvalue weighted by Crippen LogP contribution is 2.53. The molecule has 3 aliphatic rings. The fourth-order valence-corrected chi connectivity index (χ4v) is 7.41. The Hall–Kier alpha value is -3.48. The molecule has 0 bridgehead atoms. The zero-order valence-corrected chi connectivity index (χ0v) is 24.8. The van der Waals surface area contributed by atoms with Crippen molar-refractivity contribution in [1.29, 1.82) is 0 Å². The van der Waals surface area contributed by atoms with Crippen molar-refractivity contribution < 1.29 is 10.2 Å². The van der Waals surface area contributed by atoms with E-state index in [0.29, 0.717) is 0 Å². The Balaban J connectivity index is 1.31. The largest absolute Gasteiger partial charge is 0.392 e. The van der Waals surface area contributed by atoms with Crippen molar-refractivity contribution >= 4 is 44.3 Å². The lowest BCUT2D eigenvalue weighted by atomic mass is 9.63. The number of rotatable bonds is 2. The Morgan fingerprint density at radius 3 is 1.25 bits per heavy atom. The Morgan fingerprint density at radius 2 is 0.875 bits per heavy atom. The van der Waals surface area contributed by atoms with Gasteiger partial charge in [0.15, 0.2) is 0 Å². The van der Waals surface area contributed by atoms with Crippen LogP contribution < -0.4 is 19.6 Å². The molecule has 4 aromatic carbocycles. The zero-order valence-electron chi connectivity index (χ0n) is 24.8. The molecule has 0 radical (unpaired) electrons. The van der Waals surface area contributed by atoms with Crippen molar-refractivity contribution in [2.24, 2.45) is 0 Å². The summed E-state index contributed by atoms with van der Waals surface area (Å²) in [6.07, 6.45) is -1.35. The second-order valence-corrected chi connectivity index (χ2v) is 13.1. The lowest BCUT2D eigenvalue weighted by molar-refractivity contribution is -0.0784. The first-order valence-corrected chi connectivity index (χ1v) is 14.3. The van der Waals surface area contributed by atoms with Crippen molar-refractivity contribution in [3.8, 4) is 0 Å². The third kappa shape index (κ3) is 3.06. The van der Waals surface area contributed by atoms with E-state index in [-0.39, 0.29) is 23.2 Å². The Morgan fingerprint density at radius 1 is 0.525 bits per heavy atom. The van der Waals surface area contributed by atoms with E-state index >= 15 is 0 Å². The molecule has 0 unspecified atom stereocenters. The number of nitrogens with zero attached hydrogens (tertiary/aromatic N) is 4. The molecule has 208 valence electrons. The summed E-state index contributed by atoms with van der Waals surface area (Å²) >= 11 is 0. The van der Waals surface area contributed by atoms with E-state index in [4.69, 9.17) is 0 Å². The van der Waals surface area contributed by atoms with Gasteiger partial charge in [-0.05, 0) is 73.9 Å². The Bertz CT molecular complexity index is 1560. The van der Waals surface area contributed by atoms with Crippen LogP contribution in [0, 0.1) is 0 Å². The molecular formula is C34H40N4O2. The summed E-state index contributed by atoms with van der Waals surface area (Å²) in [5.74, 6) is -0.687. The van der Waals surface area contributed by atoms with Crippen LogP contribution in [0.1, 0.15) is 50.7 Å². The number of benzene rings is 4. The number of aliphatic hydroxyl groups is 2. The molecule has 6 nitrogen and oxygen atoms in total. The Kier molecular flexibility index (Phi) is 5.13. The molecular weight excluding hydrogens is 496 g/mol. The van der Waals surface area contributed by atoms with E-state index < -0.39 is 12.2 Å². The van der Waals surface area contributed by atoms with E-state index in [9.17, 15) is 10.2 Å². The van der Waals surface area contributed by atoms with E-state index in [1.165, 1.54) is 22.1 Å². The second kappa shape index (κ2) is 8.05. The third-order valence-corrected chi connectivity index (χ3v) is 10.9. The normalized spacial score (nSPS) is 26.4. The van der Waals surface area contributed by atoms with Crippen LogP contribution in [0.5, 0.6) is 0 Å². The monoisotopic (exact) mass is 536 g/mol. The molecule has 1 fully saturated rings. The fourth-order valence-electron chi connectivity index (χ4n) is 7.41. The number of hydrogen-bond donors (Lipinski definition) is 2. The van der Waals surface area contributed by atoms with Crippen LogP contribution in [0.15, 0.2) is 60.7 Å². The van der Waals surface area contributed by atoms with Crippen LogP contribution >= 0.6 is 0 Å². The minimum atomic E-state index is -0.676. The van der Waals surface area contributed by atoms with Gasteiger partial charge in [-0.3, -0.25) is 0 Å². The quantitative estimate of drug-likeness (QED) is 0.336. The van der Waals surface area contributed by atoms with E-state index in [1.54, 1.807) is 0 Å². The molecule has 2 N–H and O–H groups in total. The van der Waals surface area contributed by atoms with Gasteiger partial charge in [-0.1, -0.05) is 36.4 Å². The summed E-state index contributed by atoms with van der Waals surface area (Å²) in [7, 11) is 8.54. The van der Waals surface area contributed by atoms with Crippen molar-refractivity contribution in [3.05, 3.63) is 71.8 Å². The molecule has 4 aromatic rings. The van der Waals surface area contributed by atoms with Gasteiger partial charge in [0.25, 0.3) is 0 Å². The predicted octanol–water partition coefficient (Wildman–Crippen LogP) is 5.84. The van der Waals surface area contributed by atoms with Gasteiger partial charge >= 0.3 is 0 Å². The number of hydrogen-bond acceptors (Lipinski definition) is 6. The maximum absolute atomic E-state index is 11.7. The van der Waals surface area contributed by atoms with Gasteiger partial charge in [-0.25, -0.2) is 0 Å². The molecule has 7 rings (SSSR count). The van der Waals surface area contributed by atoms with Crippen LogP contribution in [0.25, 0.3) is 21.5 Å². The van der Waals surface area contributed by atoms with Crippen molar-refractivity contribution in [1.82, 2.24) is 0 Å². The van der Waals surface area contributed by atoms with Gasteiger partial charge in [0.2, 0.25) is 0 Å². The van der Waals surface area contributed by atoms with Gasteiger partial charge in [0.1, 0.15) is 11.3 Å². The predicted molar refractivity (Wildman–Crippen MR) is 167 cm³/mol. The summed E-state index contributed by atoms with van der Waals surface area (Å²) in [6, 6.07) is 21.5. The molecule has 0 atom stereocenters. The summed E-state index contributed by atoms with van der Waals surface area (Å²) in [5.41, 5.74) is 6.26. The molecule has 0 aromatic heterocycles.